The fraction of sp³-hybridized carbons (Fsp3) is 0.722. The topological polar surface area (TPSA) is 67.7 Å². The zero-order chi connectivity index (χ0) is 18.4. The van der Waals surface area contributed by atoms with E-state index in [1.54, 1.807) is 6.20 Å². The average Bonchev–Trinajstić information content (AvgIpc) is 3.19. The number of carbonyl (C=O) groups excluding carboxylic acids is 2. The minimum Gasteiger partial charge on any atom is -0.463 e. The summed E-state index contributed by atoms with van der Waals surface area (Å²) in [6, 6.07) is 0.456. The first kappa shape index (κ1) is 19.4. The third-order valence-corrected chi connectivity index (χ3v) is 4.53. The third kappa shape index (κ3) is 5.85. The molecule has 7 heteroatoms. The molecule has 0 bridgehead atoms. The molecule has 0 unspecified atom stereocenters. The Hall–Kier alpha value is -1.89. The van der Waals surface area contributed by atoms with Crippen molar-refractivity contribution in [1.29, 1.82) is 0 Å². The summed E-state index contributed by atoms with van der Waals surface area (Å²) in [5.74, 6) is 0.810. The summed E-state index contributed by atoms with van der Waals surface area (Å²) in [6.07, 6.45) is 5.85. The second-order valence-corrected chi connectivity index (χ2v) is 7.07. The number of likely N-dealkylation sites (N-methyl/N-ethyl adjacent to an activating group) is 1. The van der Waals surface area contributed by atoms with Gasteiger partial charge < -0.3 is 19.1 Å². The summed E-state index contributed by atoms with van der Waals surface area (Å²) in [4.78, 5) is 32.5. The van der Waals surface area contributed by atoms with E-state index in [-0.39, 0.29) is 18.0 Å². The summed E-state index contributed by atoms with van der Waals surface area (Å²) >= 11 is 0. The van der Waals surface area contributed by atoms with Crippen LogP contribution in [0.5, 0.6) is 0 Å². The number of aryl methyl sites for hydroxylation is 2. The number of esters is 1. The lowest BCUT2D eigenvalue weighted by Crippen LogP contribution is -2.34. The zero-order valence-corrected chi connectivity index (χ0v) is 15.8. The fourth-order valence-corrected chi connectivity index (χ4v) is 3.07. The zero-order valence-electron chi connectivity index (χ0n) is 15.8. The smallest absolute Gasteiger partial charge is 0.307 e. The lowest BCUT2D eigenvalue weighted by Gasteiger charge is -2.20. The van der Waals surface area contributed by atoms with Gasteiger partial charge >= 0.3 is 5.97 Å². The highest BCUT2D eigenvalue weighted by Gasteiger charge is 2.27. The maximum atomic E-state index is 12.4. The average molecular weight is 350 g/mol. The molecule has 0 spiro atoms. The first-order valence-electron chi connectivity index (χ1n) is 9.00. The molecule has 1 aliphatic heterocycles. The largest absolute Gasteiger partial charge is 0.463 e. The van der Waals surface area contributed by atoms with E-state index in [9.17, 15) is 9.59 Å². The summed E-state index contributed by atoms with van der Waals surface area (Å²) in [5, 5.41) is 0. The van der Waals surface area contributed by atoms with E-state index < -0.39 is 0 Å². The van der Waals surface area contributed by atoms with Crippen LogP contribution in [0.2, 0.25) is 0 Å². The Labute approximate surface area is 149 Å². The molecule has 0 aliphatic carbocycles. The maximum absolute atomic E-state index is 12.4. The molecule has 7 nitrogen and oxygen atoms in total. The van der Waals surface area contributed by atoms with Crippen molar-refractivity contribution < 1.29 is 14.3 Å². The Bertz CT molecular complexity index is 583. The molecule has 1 fully saturated rings. The predicted molar refractivity (Wildman–Crippen MR) is 95.1 cm³/mol. The van der Waals surface area contributed by atoms with Crippen molar-refractivity contribution in [3.8, 4) is 0 Å². The number of hydrogen-bond donors (Lipinski definition) is 0. The third-order valence-electron chi connectivity index (χ3n) is 4.53. The van der Waals surface area contributed by atoms with Gasteiger partial charge in [-0.15, -0.1) is 0 Å². The monoisotopic (exact) mass is 350 g/mol. The van der Waals surface area contributed by atoms with Gasteiger partial charge in [0.25, 0.3) is 0 Å². The first-order chi connectivity index (χ1) is 11.9. The molecule has 25 heavy (non-hydrogen) atoms. The Morgan fingerprint density at radius 3 is 2.76 bits per heavy atom. The van der Waals surface area contributed by atoms with Crippen molar-refractivity contribution in [3.63, 3.8) is 0 Å². The summed E-state index contributed by atoms with van der Waals surface area (Å²) < 4.78 is 7.08. The number of imidazole rings is 1. The van der Waals surface area contributed by atoms with Crippen molar-refractivity contribution in [2.24, 2.45) is 0 Å². The van der Waals surface area contributed by atoms with Crippen LogP contribution >= 0.6 is 0 Å². The standard InChI is InChI=1S/C18H30N4O3/c1-14(2)25-18(24)8-11-21-12-9-19-16(21)5-6-17(23)22-10-7-15(13-22)20(3)4/h9,12,14-15H,5-8,10-11,13H2,1-4H3/t15-/m0/s1. The number of aromatic nitrogens is 2. The van der Waals surface area contributed by atoms with E-state index >= 15 is 0 Å². The van der Waals surface area contributed by atoms with Crippen LogP contribution in [0.25, 0.3) is 0 Å². The molecule has 140 valence electrons. The number of likely N-dealkylation sites (tertiary alicyclic amines) is 1. The van der Waals surface area contributed by atoms with Gasteiger partial charge in [0, 0.05) is 50.9 Å². The van der Waals surface area contributed by atoms with Gasteiger partial charge in [0.05, 0.1) is 12.5 Å². The van der Waals surface area contributed by atoms with Crippen molar-refractivity contribution in [2.45, 2.75) is 58.2 Å². The fourth-order valence-electron chi connectivity index (χ4n) is 3.07. The number of rotatable bonds is 8. The van der Waals surface area contributed by atoms with Gasteiger partial charge in [0.15, 0.2) is 0 Å². The highest BCUT2D eigenvalue weighted by atomic mass is 16.5. The number of carbonyl (C=O) groups is 2. The van der Waals surface area contributed by atoms with Crippen LogP contribution in [0.3, 0.4) is 0 Å². The Morgan fingerprint density at radius 1 is 1.36 bits per heavy atom. The molecule has 1 atom stereocenters. The van der Waals surface area contributed by atoms with E-state index in [4.69, 9.17) is 4.74 Å². The molecule has 1 saturated heterocycles. The number of ether oxygens (including phenoxy) is 1. The maximum Gasteiger partial charge on any atom is 0.307 e. The molecule has 1 amide bonds. The molecule has 1 aromatic rings. The van der Waals surface area contributed by atoms with Crippen molar-refractivity contribution in [2.75, 3.05) is 27.2 Å². The molecular formula is C18H30N4O3. The predicted octanol–water partition coefficient (Wildman–Crippen LogP) is 1.32. The van der Waals surface area contributed by atoms with Crippen LogP contribution in [0.15, 0.2) is 12.4 Å². The van der Waals surface area contributed by atoms with Gasteiger partial charge in [0.2, 0.25) is 5.91 Å². The van der Waals surface area contributed by atoms with Crippen LogP contribution in [-0.4, -0.2) is 70.6 Å². The van der Waals surface area contributed by atoms with Gasteiger partial charge in [-0.1, -0.05) is 0 Å². The van der Waals surface area contributed by atoms with E-state index in [1.165, 1.54) is 0 Å². The quantitative estimate of drug-likeness (QED) is 0.662. The van der Waals surface area contributed by atoms with Crippen LogP contribution in [0.1, 0.15) is 38.9 Å². The van der Waals surface area contributed by atoms with E-state index in [2.05, 4.69) is 24.0 Å². The molecule has 2 rings (SSSR count). The van der Waals surface area contributed by atoms with Crippen LogP contribution in [0, 0.1) is 0 Å². The highest BCUT2D eigenvalue weighted by molar-refractivity contribution is 5.76. The summed E-state index contributed by atoms with van der Waals surface area (Å²) in [7, 11) is 4.11. The van der Waals surface area contributed by atoms with Crippen LogP contribution < -0.4 is 0 Å². The number of nitrogens with zero attached hydrogens (tertiary/aromatic N) is 4. The van der Waals surface area contributed by atoms with E-state index in [1.807, 2.05) is 29.5 Å². The van der Waals surface area contributed by atoms with Gasteiger partial charge in [0.1, 0.15) is 5.82 Å². The van der Waals surface area contributed by atoms with Gasteiger partial charge in [-0.05, 0) is 34.4 Å². The minimum atomic E-state index is -0.211. The molecule has 1 aromatic heterocycles. The van der Waals surface area contributed by atoms with Crippen molar-refractivity contribution in [3.05, 3.63) is 18.2 Å². The normalized spacial score (nSPS) is 17.5. The van der Waals surface area contributed by atoms with Gasteiger partial charge in [-0.2, -0.15) is 0 Å². The molecule has 2 heterocycles. The molecule has 1 aliphatic rings. The molecule has 0 radical (unpaired) electrons. The van der Waals surface area contributed by atoms with Crippen molar-refractivity contribution in [1.82, 2.24) is 19.4 Å². The van der Waals surface area contributed by atoms with Crippen LogP contribution in [0.4, 0.5) is 0 Å². The lowest BCUT2D eigenvalue weighted by molar-refractivity contribution is -0.147. The summed E-state index contributed by atoms with van der Waals surface area (Å²) in [5.41, 5.74) is 0. The Morgan fingerprint density at radius 2 is 2.12 bits per heavy atom. The van der Waals surface area contributed by atoms with Crippen molar-refractivity contribution >= 4 is 11.9 Å². The van der Waals surface area contributed by atoms with Crippen LogP contribution in [-0.2, 0) is 27.3 Å². The van der Waals surface area contributed by atoms with E-state index in [0.29, 0.717) is 31.8 Å². The Balaban J connectivity index is 1.79. The summed E-state index contributed by atoms with van der Waals surface area (Å²) in [6.45, 7) is 5.84. The molecular weight excluding hydrogens is 320 g/mol. The second-order valence-electron chi connectivity index (χ2n) is 7.07. The number of amides is 1. The second kappa shape index (κ2) is 8.99. The first-order valence-corrected chi connectivity index (χ1v) is 9.00. The lowest BCUT2D eigenvalue weighted by atomic mass is 10.2. The number of hydrogen-bond acceptors (Lipinski definition) is 5. The van der Waals surface area contributed by atoms with Gasteiger partial charge in [-0.25, -0.2) is 4.98 Å². The highest BCUT2D eigenvalue weighted by Crippen LogP contribution is 2.15. The van der Waals surface area contributed by atoms with E-state index in [0.717, 1.165) is 25.3 Å². The Kier molecular flexibility index (Phi) is 6.99. The SMILES string of the molecule is CC(C)OC(=O)CCn1ccnc1CCC(=O)N1CC[C@H](N(C)C)C1. The molecule has 0 saturated carbocycles. The van der Waals surface area contributed by atoms with Gasteiger partial charge in [-0.3, -0.25) is 9.59 Å². The minimum absolute atomic E-state index is 0.0983. The molecule has 0 N–H and O–H groups in total. The molecule has 0 aromatic carbocycles.